The topological polar surface area (TPSA) is 73.8 Å². The van der Waals surface area contributed by atoms with E-state index in [4.69, 9.17) is 11.6 Å². The molecule has 0 atom stereocenters. The highest BCUT2D eigenvalue weighted by atomic mass is 35.5. The van der Waals surface area contributed by atoms with Crippen molar-refractivity contribution in [1.29, 1.82) is 0 Å². The van der Waals surface area contributed by atoms with Gasteiger partial charge in [-0.05, 0) is 56.1 Å². The zero-order valence-corrected chi connectivity index (χ0v) is 24.6. The van der Waals surface area contributed by atoms with E-state index in [0.29, 0.717) is 40.9 Å². The summed E-state index contributed by atoms with van der Waals surface area (Å²) in [5.41, 5.74) is 1.95. The second-order valence-electron chi connectivity index (χ2n) is 8.78. The number of likely N-dealkylation sites (N-methyl/N-ethyl adjacent to an activating group) is 1. The van der Waals surface area contributed by atoms with Gasteiger partial charge in [-0.1, -0.05) is 66.3 Å². The van der Waals surface area contributed by atoms with E-state index < -0.39 is 10.0 Å². The molecular formula is C27H30Cl2N4O3S2. The van der Waals surface area contributed by atoms with E-state index in [2.05, 4.69) is 4.98 Å². The van der Waals surface area contributed by atoms with Crippen LogP contribution in [0.2, 0.25) is 5.02 Å². The third kappa shape index (κ3) is 6.72. The Balaban J connectivity index is 0.00000400. The molecule has 3 aromatic carbocycles. The SMILES string of the molecule is CCN(Cc1ccccc1)S(=O)(=O)c1ccc(C(=O)N(CCN(C)C)c2nc3c(Cl)cccc3s2)cc1.Cl. The molecule has 4 rings (SSSR count). The molecule has 0 radical (unpaired) electrons. The number of aromatic nitrogens is 1. The molecule has 0 unspecified atom stereocenters. The van der Waals surface area contributed by atoms with Gasteiger partial charge in [0.05, 0.1) is 14.6 Å². The zero-order valence-electron chi connectivity index (χ0n) is 21.4. The summed E-state index contributed by atoms with van der Waals surface area (Å²) >= 11 is 7.72. The summed E-state index contributed by atoms with van der Waals surface area (Å²) in [5, 5.41) is 1.08. The minimum absolute atomic E-state index is 0. The number of para-hydroxylation sites is 1. The fourth-order valence-corrected chi connectivity index (χ4v) is 6.56. The quantitative estimate of drug-likeness (QED) is 0.233. The number of carbonyl (C=O) groups is 1. The van der Waals surface area contributed by atoms with E-state index in [0.717, 1.165) is 10.3 Å². The number of hydrogen-bond donors (Lipinski definition) is 0. The van der Waals surface area contributed by atoms with Crippen LogP contribution in [0.3, 0.4) is 0 Å². The van der Waals surface area contributed by atoms with Gasteiger partial charge in [0.1, 0.15) is 5.52 Å². The summed E-state index contributed by atoms with van der Waals surface area (Å²) in [7, 11) is 0.143. The maximum absolute atomic E-state index is 13.6. The first-order chi connectivity index (χ1) is 17.7. The summed E-state index contributed by atoms with van der Waals surface area (Å²) in [5.74, 6) is -0.252. The third-order valence-electron chi connectivity index (χ3n) is 5.90. The molecule has 0 aliphatic carbocycles. The number of carbonyl (C=O) groups excluding carboxylic acids is 1. The van der Waals surface area contributed by atoms with Crippen molar-refractivity contribution >= 4 is 66.6 Å². The summed E-state index contributed by atoms with van der Waals surface area (Å²) in [6.45, 7) is 3.47. The lowest BCUT2D eigenvalue weighted by molar-refractivity contribution is 0.0985. The molecule has 0 fully saturated rings. The number of thiazole rings is 1. The van der Waals surface area contributed by atoms with Gasteiger partial charge in [0.2, 0.25) is 10.0 Å². The molecule has 4 aromatic rings. The summed E-state index contributed by atoms with van der Waals surface area (Å²) in [6.07, 6.45) is 0. The average molecular weight is 594 g/mol. The van der Waals surface area contributed by atoms with Crippen molar-refractivity contribution in [1.82, 2.24) is 14.2 Å². The van der Waals surface area contributed by atoms with Crippen molar-refractivity contribution in [3.05, 3.63) is 88.9 Å². The van der Waals surface area contributed by atoms with Gasteiger partial charge in [0.25, 0.3) is 5.91 Å². The second kappa shape index (κ2) is 13.0. The van der Waals surface area contributed by atoms with Crippen LogP contribution in [-0.2, 0) is 16.6 Å². The Hall–Kier alpha value is -2.53. The minimum atomic E-state index is -3.73. The lowest BCUT2D eigenvalue weighted by Crippen LogP contribution is -2.36. The molecule has 7 nitrogen and oxygen atoms in total. The largest absolute Gasteiger partial charge is 0.308 e. The van der Waals surface area contributed by atoms with Gasteiger partial charge in [-0.2, -0.15) is 4.31 Å². The molecule has 1 heterocycles. The number of benzene rings is 3. The smallest absolute Gasteiger partial charge is 0.260 e. The van der Waals surface area contributed by atoms with Crippen LogP contribution in [0.5, 0.6) is 0 Å². The fraction of sp³-hybridized carbons (Fsp3) is 0.259. The van der Waals surface area contributed by atoms with Crippen molar-refractivity contribution in [2.45, 2.75) is 18.4 Å². The lowest BCUT2D eigenvalue weighted by atomic mass is 10.2. The molecule has 0 bridgehead atoms. The van der Waals surface area contributed by atoms with E-state index in [1.165, 1.54) is 27.8 Å². The summed E-state index contributed by atoms with van der Waals surface area (Å²) < 4.78 is 29.0. The predicted octanol–water partition coefficient (Wildman–Crippen LogP) is 5.79. The van der Waals surface area contributed by atoms with Crippen molar-refractivity contribution in [3.63, 3.8) is 0 Å². The number of anilines is 1. The maximum Gasteiger partial charge on any atom is 0.260 e. The Morgan fingerprint density at radius 3 is 2.24 bits per heavy atom. The molecule has 38 heavy (non-hydrogen) atoms. The third-order valence-corrected chi connectivity index (χ3v) is 9.18. The van der Waals surface area contributed by atoms with Crippen molar-refractivity contribution in [2.24, 2.45) is 0 Å². The first-order valence-corrected chi connectivity index (χ1v) is 14.5. The van der Waals surface area contributed by atoms with Crippen LogP contribution in [0.1, 0.15) is 22.8 Å². The Labute approximate surface area is 239 Å². The Morgan fingerprint density at radius 2 is 1.63 bits per heavy atom. The molecule has 0 aliphatic rings. The van der Waals surface area contributed by atoms with Crippen LogP contribution >= 0.6 is 35.3 Å². The van der Waals surface area contributed by atoms with Crippen LogP contribution in [-0.4, -0.2) is 62.2 Å². The molecule has 0 spiro atoms. The molecule has 202 valence electrons. The van der Waals surface area contributed by atoms with Crippen molar-refractivity contribution in [2.75, 3.05) is 38.6 Å². The molecule has 11 heteroatoms. The molecule has 0 aliphatic heterocycles. The minimum Gasteiger partial charge on any atom is -0.308 e. The molecular weight excluding hydrogens is 563 g/mol. The summed E-state index contributed by atoms with van der Waals surface area (Å²) in [6, 6.07) is 21.1. The molecule has 1 amide bonds. The number of hydrogen-bond acceptors (Lipinski definition) is 6. The van der Waals surface area contributed by atoms with Crippen LogP contribution in [0.25, 0.3) is 10.2 Å². The fourth-order valence-electron chi connectivity index (χ4n) is 3.83. The van der Waals surface area contributed by atoms with Gasteiger partial charge in [0, 0.05) is 31.7 Å². The first kappa shape index (κ1) is 30.0. The van der Waals surface area contributed by atoms with E-state index in [1.54, 1.807) is 23.1 Å². The van der Waals surface area contributed by atoms with Gasteiger partial charge < -0.3 is 4.90 Å². The van der Waals surface area contributed by atoms with E-state index in [-0.39, 0.29) is 29.8 Å². The first-order valence-electron chi connectivity index (χ1n) is 11.9. The van der Waals surface area contributed by atoms with Crippen LogP contribution < -0.4 is 4.90 Å². The highest BCUT2D eigenvalue weighted by molar-refractivity contribution is 7.89. The number of fused-ring (bicyclic) bond motifs is 1. The van der Waals surface area contributed by atoms with Gasteiger partial charge in [-0.25, -0.2) is 13.4 Å². The standard InChI is InChI=1S/C27H29ClN4O3S2.ClH/c1-4-31(19-20-9-6-5-7-10-20)37(34,35)22-15-13-21(14-16-22)26(33)32(18-17-30(2)3)27-29-25-23(28)11-8-12-24(25)36-27;/h5-16H,4,17-19H2,1-3H3;1H. The predicted molar refractivity (Wildman–Crippen MR) is 158 cm³/mol. The van der Waals surface area contributed by atoms with Crippen molar-refractivity contribution < 1.29 is 13.2 Å². The average Bonchev–Trinajstić information content (AvgIpc) is 3.33. The summed E-state index contributed by atoms with van der Waals surface area (Å²) in [4.78, 5) is 22.0. The van der Waals surface area contributed by atoms with Gasteiger partial charge >= 0.3 is 0 Å². The number of rotatable bonds is 10. The highest BCUT2D eigenvalue weighted by Crippen LogP contribution is 2.33. The van der Waals surface area contributed by atoms with Crippen LogP contribution in [0.4, 0.5) is 5.13 Å². The van der Waals surface area contributed by atoms with Crippen LogP contribution in [0, 0.1) is 0 Å². The second-order valence-corrected chi connectivity index (χ2v) is 12.1. The monoisotopic (exact) mass is 592 g/mol. The lowest BCUT2D eigenvalue weighted by Gasteiger charge is -2.23. The zero-order chi connectivity index (χ0) is 26.6. The number of nitrogens with zero attached hydrogens (tertiary/aromatic N) is 4. The van der Waals surface area contributed by atoms with Gasteiger partial charge in [0.15, 0.2) is 5.13 Å². The van der Waals surface area contributed by atoms with E-state index in [1.807, 2.05) is 68.4 Å². The van der Waals surface area contributed by atoms with Gasteiger partial charge in [-0.15, -0.1) is 12.4 Å². The molecule has 1 aromatic heterocycles. The number of amides is 1. The van der Waals surface area contributed by atoms with E-state index >= 15 is 0 Å². The molecule has 0 N–H and O–H groups in total. The van der Waals surface area contributed by atoms with E-state index in [9.17, 15) is 13.2 Å². The van der Waals surface area contributed by atoms with Crippen LogP contribution in [0.15, 0.2) is 77.7 Å². The highest BCUT2D eigenvalue weighted by Gasteiger charge is 2.26. The molecule has 0 saturated carbocycles. The Kier molecular flexibility index (Phi) is 10.3. The number of halogens is 2. The normalized spacial score (nSPS) is 11.6. The molecule has 0 saturated heterocycles. The van der Waals surface area contributed by atoms with Crippen molar-refractivity contribution in [3.8, 4) is 0 Å². The Morgan fingerprint density at radius 1 is 0.947 bits per heavy atom. The maximum atomic E-state index is 13.6. The van der Waals surface area contributed by atoms with Gasteiger partial charge in [-0.3, -0.25) is 9.69 Å². The number of sulfonamides is 1. The Bertz CT molecular complexity index is 1480.